The number of primary amides is 1. The highest BCUT2D eigenvalue weighted by atomic mass is 16.2. The Morgan fingerprint density at radius 1 is 1.37 bits per heavy atom. The average molecular weight is 264 g/mol. The second kappa shape index (κ2) is 6.63. The zero-order valence-corrected chi connectivity index (χ0v) is 11.3. The molecule has 5 N–H and O–H groups in total. The topological polar surface area (TPSA) is 101 Å². The van der Waals surface area contributed by atoms with E-state index in [1.807, 2.05) is 6.92 Å². The number of amides is 2. The zero-order chi connectivity index (χ0) is 14.4. The number of likely N-dealkylation sites (N-methyl/N-ethyl adjacent to an activating group) is 1. The minimum absolute atomic E-state index is 0.0678. The number of anilines is 2. The number of nitrogens with two attached hydrogens (primary N) is 2. The van der Waals surface area contributed by atoms with E-state index in [4.69, 9.17) is 11.5 Å². The SMILES string of the molecule is CCCNC(=O)CN(C)c1ccc(N)c(C(N)=O)c1. The van der Waals surface area contributed by atoms with Gasteiger partial charge in [-0.25, -0.2) is 0 Å². The molecule has 1 rings (SSSR count). The van der Waals surface area contributed by atoms with Crippen molar-refractivity contribution >= 4 is 23.2 Å². The number of rotatable bonds is 6. The standard InChI is InChI=1S/C13H20N4O2/c1-3-6-16-12(18)8-17(2)9-4-5-11(14)10(7-9)13(15)19/h4-5,7H,3,6,8,14H2,1-2H3,(H2,15,19)(H,16,18). The Hall–Kier alpha value is -2.24. The second-order valence-electron chi connectivity index (χ2n) is 4.34. The summed E-state index contributed by atoms with van der Waals surface area (Å²) < 4.78 is 0. The molecule has 0 aliphatic heterocycles. The van der Waals surface area contributed by atoms with Crippen LogP contribution in [-0.2, 0) is 4.79 Å². The van der Waals surface area contributed by atoms with Gasteiger partial charge in [-0.15, -0.1) is 0 Å². The fourth-order valence-electron chi connectivity index (χ4n) is 1.62. The summed E-state index contributed by atoms with van der Waals surface area (Å²) in [7, 11) is 1.77. The van der Waals surface area contributed by atoms with Crippen LogP contribution in [0.4, 0.5) is 11.4 Å². The lowest BCUT2D eigenvalue weighted by molar-refractivity contribution is -0.119. The molecule has 0 aliphatic rings. The van der Waals surface area contributed by atoms with Gasteiger partial charge in [0.1, 0.15) is 0 Å². The van der Waals surface area contributed by atoms with Crippen LogP contribution in [0.5, 0.6) is 0 Å². The number of hydrogen-bond acceptors (Lipinski definition) is 4. The highest BCUT2D eigenvalue weighted by molar-refractivity contribution is 5.99. The van der Waals surface area contributed by atoms with E-state index in [1.54, 1.807) is 30.1 Å². The summed E-state index contributed by atoms with van der Waals surface area (Å²) in [6.45, 7) is 2.85. The molecule has 104 valence electrons. The first-order valence-electron chi connectivity index (χ1n) is 6.12. The van der Waals surface area contributed by atoms with Gasteiger partial charge in [0.15, 0.2) is 0 Å². The van der Waals surface area contributed by atoms with Crippen molar-refractivity contribution < 1.29 is 9.59 Å². The normalized spacial score (nSPS) is 10.0. The Bertz CT molecular complexity index is 474. The first kappa shape index (κ1) is 14.8. The molecule has 0 heterocycles. The molecule has 2 amide bonds. The molecule has 6 heteroatoms. The Balaban J connectivity index is 2.77. The molecule has 0 spiro atoms. The van der Waals surface area contributed by atoms with Crippen LogP contribution in [0.2, 0.25) is 0 Å². The monoisotopic (exact) mass is 264 g/mol. The second-order valence-corrected chi connectivity index (χ2v) is 4.34. The van der Waals surface area contributed by atoms with Gasteiger partial charge >= 0.3 is 0 Å². The molecule has 1 aromatic rings. The van der Waals surface area contributed by atoms with Crippen LogP contribution in [0.1, 0.15) is 23.7 Å². The predicted molar refractivity (Wildman–Crippen MR) is 75.9 cm³/mol. The van der Waals surface area contributed by atoms with Crippen molar-refractivity contribution in [3.63, 3.8) is 0 Å². The van der Waals surface area contributed by atoms with E-state index in [1.165, 1.54) is 0 Å². The van der Waals surface area contributed by atoms with Crippen molar-refractivity contribution in [1.29, 1.82) is 0 Å². The molecule has 0 aromatic heterocycles. The molecule has 0 atom stereocenters. The van der Waals surface area contributed by atoms with Crippen LogP contribution < -0.4 is 21.7 Å². The average Bonchev–Trinajstić information content (AvgIpc) is 2.36. The molecule has 0 radical (unpaired) electrons. The number of carbonyl (C=O) groups excluding carboxylic acids is 2. The fraction of sp³-hybridized carbons (Fsp3) is 0.385. The van der Waals surface area contributed by atoms with Gasteiger partial charge in [-0.3, -0.25) is 9.59 Å². The maximum absolute atomic E-state index is 11.6. The van der Waals surface area contributed by atoms with E-state index in [2.05, 4.69) is 5.32 Å². The summed E-state index contributed by atoms with van der Waals surface area (Å²) >= 11 is 0. The van der Waals surface area contributed by atoms with E-state index in [0.29, 0.717) is 12.2 Å². The summed E-state index contributed by atoms with van der Waals surface area (Å²) in [5.74, 6) is -0.648. The summed E-state index contributed by atoms with van der Waals surface area (Å²) in [6.07, 6.45) is 0.892. The van der Waals surface area contributed by atoms with Crippen LogP contribution in [-0.4, -0.2) is 32.0 Å². The van der Waals surface area contributed by atoms with Crippen molar-refractivity contribution in [3.05, 3.63) is 23.8 Å². The van der Waals surface area contributed by atoms with Crippen molar-refractivity contribution in [1.82, 2.24) is 5.32 Å². The number of hydrogen-bond donors (Lipinski definition) is 3. The summed E-state index contributed by atoms with van der Waals surface area (Å²) in [5, 5.41) is 2.78. The lowest BCUT2D eigenvalue weighted by Gasteiger charge is -2.19. The van der Waals surface area contributed by atoms with Crippen LogP contribution in [0.15, 0.2) is 18.2 Å². The maximum Gasteiger partial charge on any atom is 0.250 e. The van der Waals surface area contributed by atoms with Gasteiger partial charge in [-0.2, -0.15) is 0 Å². The van der Waals surface area contributed by atoms with Gasteiger partial charge in [0.25, 0.3) is 5.91 Å². The molecule has 0 unspecified atom stereocenters. The third-order valence-electron chi connectivity index (χ3n) is 2.70. The van der Waals surface area contributed by atoms with E-state index in [9.17, 15) is 9.59 Å². The predicted octanol–water partition coefficient (Wildman–Crippen LogP) is 0.330. The number of carbonyl (C=O) groups is 2. The minimum atomic E-state index is -0.580. The third kappa shape index (κ3) is 4.17. The Morgan fingerprint density at radius 2 is 2.05 bits per heavy atom. The van der Waals surface area contributed by atoms with Crippen molar-refractivity contribution in [2.45, 2.75) is 13.3 Å². The smallest absolute Gasteiger partial charge is 0.250 e. The van der Waals surface area contributed by atoms with E-state index in [0.717, 1.165) is 12.1 Å². The molecule has 0 saturated heterocycles. The molecular weight excluding hydrogens is 244 g/mol. The van der Waals surface area contributed by atoms with Gasteiger partial charge < -0.3 is 21.7 Å². The maximum atomic E-state index is 11.6. The zero-order valence-electron chi connectivity index (χ0n) is 11.3. The number of benzene rings is 1. The lowest BCUT2D eigenvalue weighted by atomic mass is 10.1. The van der Waals surface area contributed by atoms with Gasteiger partial charge in [0.2, 0.25) is 5.91 Å². The van der Waals surface area contributed by atoms with Crippen molar-refractivity contribution in [2.24, 2.45) is 5.73 Å². The van der Waals surface area contributed by atoms with Crippen LogP contribution >= 0.6 is 0 Å². The quantitative estimate of drug-likeness (QED) is 0.644. The van der Waals surface area contributed by atoms with E-state index in [-0.39, 0.29) is 18.0 Å². The Morgan fingerprint density at radius 3 is 2.63 bits per heavy atom. The minimum Gasteiger partial charge on any atom is -0.398 e. The first-order valence-corrected chi connectivity index (χ1v) is 6.12. The number of nitrogens with zero attached hydrogens (tertiary/aromatic N) is 1. The molecule has 0 aliphatic carbocycles. The molecule has 1 aromatic carbocycles. The molecule has 0 fully saturated rings. The van der Waals surface area contributed by atoms with E-state index >= 15 is 0 Å². The molecule has 0 bridgehead atoms. The largest absolute Gasteiger partial charge is 0.398 e. The lowest BCUT2D eigenvalue weighted by Crippen LogP contribution is -2.35. The first-order chi connectivity index (χ1) is 8.95. The number of nitrogens with one attached hydrogen (secondary N) is 1. The van der Waals surface area contributed by atoms with Crippen LogP contribution in [0.3, 0.4) is 0 Å². The Kier molecular flexibility index (Phi) is 5.17. The molecule has 19 heavy (non-hydrogen) atoms. The summed E-state index contributed by atoms with van der Waals surface area (Å²) in [4.78, 5) is 24.5. The van der Waals surface area contributed by atoms with Gasteiger partial charge in [-0.1, -0.05) is 6.92 Å². The van der Waals surface area contributed by atoms with Gasteiger partial charge in [0.05, 0.1) is 12.1 Å². The van der Waals surface area contributed by atoms with Crippen LogP contribution in [0.25, 0.3) is 0 Å². The van der Waals surface area contributed by atoms with Crippen LogP contribution in [0, 0.1) is 0 Å². The summed E-state index contributed by atoms with van der Waals surface area (Å²) in [5.41, 5.74) is 12.2. The van der Waals surface area contributed by atoms with Gasteiger partial charge in [0, 0.05) is 25.0 Å². The molecule has 0 saturated carbocycles. The number of nitrogen functional groups attached to an aromatic ring is 1. The molecular formula is C13H20N4O2. The van der Waals surface area contributed by atoms with Crippen molar-refractivity contribution in [2.75, 3.05) is 30.8 Å². The fourth-order valence-corrected chi connectivity index (χ4v) is 1.62. The van der Waals surface area contributed by atoms with Gasteiger partial charge in [-0.05, 0) is 24.6 Å². The third-order valence-corrected chi connectivity index (χ3v) is 2.70. The summed E-state index contributed by atoms with van der Waals surface area (Å²) in [6, 6.07) is 4.94. The Labute approximate surface area is 112 Å². The van der Waals surface area contributed by atoms with E-state index < -0.39 is 5.91 Å². The highest BCUT2D eigenvalue weighted by Gasteiger charge is 2.11. The van der Waals surface area contributed by atoms with Crippen molar-refractivity contribution in [3.8, 4) is 0 Å². The molecule has 6 nitrogen and oxygen atoms in total. The highest BCUT2D eigenvalue weighted by Crippen LogP contribution is 2.19.